The van der Waals surface area contributed by atoms with Gasteiger partial charge in [-0.3, -0.25) is 19.9 Å². The maximum absolute atomic E-state index is 15.1. The number of piperazine rings is 1. The summed E-state index contributed by atoms with van der Waals surface area (Å²) in [5, 5.41) is 37.9. The Morgan fingerprint density at radius 2 is 1.93 bits per heavy atom. The first kappa shape index (κ1) is 36.9. The fourth-order valence-corrected chi connectivity index (χ4v) is 14.1. The summed E-state index contributed by atoms with van der Waals surface area (Å²) >= 11 is 1.51. The fraction of sp³-hybridized carbons (Fsp3) is 0.477. The average Bonchev–Trinajstić information content (AvgIpc) is 3.45. The summed E-state index contributed by atoms with van der Waals surface area (Å²) in [7, 11) is 3.03. The lowest BCUT2D eigenvalue weighted by Crippen LogP contribution is -2.69. The molecule has 2 spiro atoms. The minimum absolute atomic E-state index is 0.0200. The first-order valence-corrected chi connectivity index (χ1v) is 21.0. The van der Waals surface area contributed by atoms with Crippen molar-refractivity contribution in [3.8, 4) is 46.3 Å². The second kappa shape index (κ2) is 12.0. The Bertz CT molecular complexity index is 2520. The number of phenols is 2. The van der Waals surface area contributed by atoms with Gasteiger partial charge in [-0.1, -0.05) is 6.08 Å². The molecule has 4 unspecified atom stereocenters. The average molecular weight is 821 g/mol. The number of nitrogens with one attached hydrogen (secondary N) is 1. The number of aryl methyl sites for hydroxylation is 1. The molecule has 8 atom stereocenters. The number of benzene rings is 3. The minimum atomic E-state index is -1.37. The lowest BCUT2D eigenvalue weighted by Gasteiger charge is -2.59. The smallest absolute Gasteiger partial charge is 0.332 e. The Kier molecular flexibility index (Phi) is 7.50. The van der Waals surface area contributed by atoms with Crippen LogP contribution < -0.4 is 29.0 Å². The molecule has 8 aliphatic heterocycles. The van der Waals surface area contributed by atoms with Gasteiger partial charge in [-0.2, -0.15) is 5.26 Å². The van der Waals surface area contributed by atoms with Crippen molar-refractivity contribution >= 4 is 23.7 Å². The van der Waals surface area contributed by atoms with E-state index in [0.717, 1.165) is 27.8 Å². The number of fused-ring (bicyclic) bond motifs is 8. The molecule has 4 bridgehead atoms. The van der Waals surface area contributed by atoms with Gasteiger partial charge in [-0.05, 0) is 67.1 Å². The van der Waals surface area contributed by atoms with Crippen LogP contribution in [0.1, 0.15) is 82.0 Å². The van der Waals surface area contributed by atoms with Gasteiger partial charge in [0.15, 0.2) is 40.0 Å². The van der Waals surface area contributed by atoms with Crippen molar-refractivity contribution in [1.29, 1.82) is 5.26 Å². The monoisotopic (exact) mass is 820 g/mol. The fourth-order valence-electron chi connectivity index (χ4n) is 12.5. The topological polar surface area (TPSA) is 172 Å². The van der Waals surface area contributed by atoms with Gasteiger partial charge in [-0.15, -0.1) is 18.3 Å². The predicted molar refractivity (Wildman–Crippen MR) is 212 cm³/mol. The maximum atomic E-state index is 15.1. The number of thioether (sulfide) groups is 1. The number of nitriles is 1. The molecule has 12 rings (SSSR count). The van der Waals surface area contributed by atoms with Crippen molar-refractivity contribution in [2.75, 3.05) is 39.9 Å². The van der Waals surface area contributed by atoms with Crippen LogP contribution in [0.4, 0.5) is 0 Å². The maximum Gasteiger partial charge on any atom is 0.332 e. The molecule has 3 N–H and O–H groups in total. The second-order valence-corrected chi connectivity index (χ2v) is 18.4. The van der Waals surface area contributed by atoms with E-state index in [1.54, 1.807) is 19.2 Å². The molecule has 3 aromatic carbocycles. The molecule has 0 radical (unpaired) electrons. The molecular weight excluding hydrogens is 777 g/mol. The summed E-state index contributed by atoms with van der Waals surface area (Å²) in [6.45, 7) is 10.1. The van der Waals surface area contributed by atoms with Crippen LogP contribution in [0.15, 0.2) is 30.9 Å². The van der Waals surface area contributed by atoms with Gasteiger partial charge in [0, 0.05) is 66.9 Å². The summed E-state index contributed by atoms with van der Waals surface area (Å²) in [4.78, 5) is 33.0. The molecule has 8 heterocycles. The Labute approximate surface area is 344 Å². The Morgan fingerprint density at radius 1 is 1.14 bits per heavy atom. The van der Waals surface area contributed by atoms with E-state index < -0.39 is 57.5 Å². The number of aromatic hydroxyl groups is 2. The van der Waals surface area contributed by atoms with Crippen LogP contribution in [0.25, 0.3) is 0 Å². The van der Waals surface area contributed by atoms with Gasteiger partial charge < -0.3 is 38.6 Å². The van der Waals surface area contributed by atoms with Crippen molar-refractivity contribution in [2.24, 2.45) is 0 Å². The number of ether oxygens (including phenoxy) is 6. The molecule has 0 aromatic heterocycles. The molecule has 1 aliphatic carbocycles. The standard InChI is InChI=1S/C44H44N4O10S/c1-7-9-42-15-41(16-45)17-47(42)32(29-25(42)11-20(2)35(54-6)34(29)51)33-39-30-31(38-37(55-19-56-38)21(3)36(30)57-22(4)49)44(48(33)41)14-28(44)58-40(52)43(18-59-39)24-13-27(53-5)26(50)12-23(24)8-10-46-43/h7,11-13,28,32-33,39,46,50-51H,1,8-10,14-15,17-19H2,2-6H3/t28?,32?,33?,39-,41+,42?,43-,44-/m1/s1. The number of esters is 2. The summed E-state index contributed by atoms with van der Waals surface area (Å²) < 4.78 is 37.0. The predicted octanol–water partition coefficient (Wildman–Crippen LogP) is 4.92. The van der Waals surface area contributed by atoms with E-state index in [9.17, 15) is 20.3 Å². The number of phenolic OH excluding ortho intramolecular Hbond substituents is 2. The quantitative estimate of drug-likeness (QED) is 0.180. The Morgan fingerprint density at radius 3 is 2.66 bits per heavy atom. The number of carbonyl (C=O) groups is 2. The van der Waals surface area contributed by atoms with Crippen molar-refractivity contribution in [3.63, 3.8) is 0 Å². The van der Waals surface area contributed by atoms with E-state index >= 15 is 4.79 Å². The summed E-state index contributed by atoms with van der Waals surface area (Å²) in [5.41, 5.74) is 1.63. The molecule has 14 nitrogen and oxygen atoms in total. The summed E-state index contributed by atoms with van der Waals surface area (Å²) in [6, 6.07) is 7.29. The number of nitrogens with zero attached hydrogens (tertiary/aromatic N) is 3. The van der Waals surface area contributed by atoms with Crippen molar-refractivity contribution in [2.45, 2.75) is 92.0 Å². The third kappa shape index (κ3) is 4.27. The van der Waals surface area contributed by atoms with Crippen LogP contribution in [0.3, 0.4) is 0 Å². The highest BCUT2D eigenvalue weighted by Gasteiger charge is 2.81. The molecule has 9 aliphatic rings. The van der Waals surface area contributed by atoms with Gasteiger partial charge in [-0.25, -0.2) is 4.79 Å². The van der Waals surface area contributed by atoms with E-state index in [4.69, 9.17) is 28.4 Å². The molecule has 1 saturated carbocycles. The van der Waals surface area contributed by atoms with E-state index in [1.807, 2.05) is 19.9 Å². The number of rotatable bonds is 5. The van der Waals surface area contributed by atoms with Gasteiger partial charge in [0.05, 0.1) is 42.7 Å². The zero-order valence-electron chi connectivity index (χ0n) is 33.4. The number of carbonyl (C=O) groups excluding carboxylic acids is 2. The largest absolute Gasteiger partial charge is 0.504 e. The van der Waals surface area contributed by atoms with Gasteiger partial charge in [0.2, 0.25) is 6.79 Å². The van der Waals surface area contributed by atoms with Crippen molar-refractivity contribution in [1.82, 2.24) is 15.1 Å². The zero-order valence-corrected chi connectivity index (χ0v) is 34.2. The molecular formula is C44H44N4O10S. The molecule has 59 heavy (non-hydrogen) atoms. The van der Waals surface area contributed by atoms with E-state index in [2.05, 4.69) is 33.8 Å². The van der Waals surface area contributed by atoms with E-state index in [-0.39, 0.29) is 29.8 Å². The van der Waals surface area contributed by atoms with Crippen LogP contribution in [0.2, 0.25) is 0 Å². The number of hydrogen-bond donors (Lipinski definition) is 3. The number of methoxy groups -OCH3 is 2. The highest BCUT2D eigenvalue weighted by atomic mass is 32.2. The van der Waals surface area contributed by atoms with Gasteiger partial charge in [0.1, 0.15) is 17.4 Å². The zero-order chi connectivity index (χ0) is 41.1. The lowest BCUT2D eigenvalue weighted by atomic mass is 9.71. The van der Waals surface area contributed by atoms with Gasteiger partial charge in [0.25, 0.3) is 0 Å². The van der Waals surface area contributed by atoms with E-state index in [1.165, 1.54) is 25.8 Å². The third-order valence-corrected chi connectivity index (χ3v) is 16.0. The van der Waals surface area contributed by atoms with Crippen LogP contribution in [-0.4, -0.2) is 89.5 Å². The lowest BCUT2D eigenvalue weighted by molar-refractivity contribution is -0.157. The first-order valence-electron chi connectivity index (χ1n) is 20.0. The van der Waals surface area contributed by atoms with Crippen LogP contribution in [0, 0.1) is 25.2 Å². The molecule has 15 heteroatoms. The first-order chi connectivity index (χ1) is 28.4. The normalized spacial score (nSPS) is 33.8. The third-order valence-electron chi connectivity index (χ3n) is 14.5. The molecule has 3 aromatic rings. The molecule has 0 amide bonds. The number of hydrogen-bond acceptors (Lipinski definition) is 15. The highest BCUT2D eigenvalue weighted by Crippen LogP contribution is 2.77. The summed E-state index contributed by atoms with van der Waals surface area (Å²) in [6.07, 6.45) is 2.92. The van der Waals surface area contributed by atoms with Crippen LogP contribution in [0.5, 0.6) is 40.2 Å². The highest BCUT2D eigenvalue weighted by molar-refractivity contribution is 7.99. The molecule has 306 valence electrons. The Hall–Kier alpha value is -5.14. The van der Waals surface area contributed by atoms with Gasteiger partial charge >= 0.3 is 11.9 Å². The van der Waals surface area contributed by atoms with E-state index in [0.29, 0.717) is 78.5 Å². The molecule has 4 fully saturated rings. The second-order valence-electron chi connectivity index (χ2n) is 17.2. The van der Waals surface area contributed by atoms with Crippen molar-refractivity contribution in [3.05, 3.63) is 75.4 Å². The minimum Gasteiger partial charge on any atom is -0.504 e. The Balaban J connectivity index is 1.23. The van der Waals surface area contributed by atoms with Crippen LogP contribution in [-0.2, 0) is 37.4 Å². The molecule has 3 saturated heterocycles. The van der Waals surface area contributed by atoms with Crippen LogP contribution >= 0.6 is 11.8 Å². The van der Waals surface area contributed by atoms with Crippen molar-refractivity contribution < 1.29 is 48.2 Å². The SMILES string of the molecule is C=CCC12C[C@]3(C#N)CN1C(c1c2cc(C)c(OC)c1O)C1[C@@H]2SC[C@]4(NCCc5cc(O)c(OC)cc54)C(=O)OC4C[C@@]4(c4c5c(c(C)c(OC(C)=O)c42)OCO5)N13. The summed E-state index contributed by atoms with van der Waals surface area (Å²) in [5.74, 6) is 1.10.